The van der Waals surface area contributed by atoms with E-state index >= 15 is 0 Å². The summed E-state index contributed by atoms with van der Waals surface area (Å²) in [5.74, 6) is 0. The fraction of sp³-hybridized carbons (Fsp3) is 1.00. The normalized spacial score (nSPS) is 35.2. The Bertz CT molecular complexity index is 293. The predicted molar refractivity (Wildman–Crippen MR) is 59.0 cm³/mol. The second-order valence-electron chi connectivity index (χ2n) is 4.66. The summed E-state index contributed by atoms with van der Waals surface area (Å²) in [6.07, 6.45) is 2.25. The Morgan fingerprint density at radius 3 is 3.25 bits per heavy atom. The molecule has 90 valence electrons. The highest BCUT2D eigenvalue weighted by molar-refractivity contribution is 4.95. The predicted octanol–water partition coefficient (Wildman–Crippen LogP) is 0.912. The maximum absolute atomic E-state index is 9.67. The molecule has 0 bridgehead atoms. The molecule has 0 aromatic heterocycles. The van der Waals surface area contributed by atoms with Crippen LogP contribution in [0.15, 0.2) is 5.11 Å². The third kappa shape index (κ3) is 2.65. The van der Waals surface area contributed by atoms with E-state index in [1.807, 2.05) is 0 Å². The molecular formula is C10H18N4O2. The summed E-state index contributed by atoms with van der Waals surface area (Å²) in [7, 11) is 0. The van der Waals surface area contributed by atoms with Crippen molar-refractivity contribution >= 4 is 0 Å². The molecule has 6 nitrogen and oxygen atoms in total. The monoisotopic (exact) mass is 226 g/mol. The van der Waals surface area contributed by atoms with Crippen molar-refractivity contribution in [3.8, 4) is 0 Å². The lowest BCUT2D eigenvalue weighted by Gasteiger charge is -2.36. The van der Waals surface area contributed by atoms with Crippen LogP contribution in [0.2, 0.25) is 0 Å². The van der Waals surface area contributed by atoms with Gasteiger partial charge in [0.25, 0.3) is 0 Å². The molecule has 0 saturated carbocycles. The zero-order valence-electron chi connectivity index (χ0n) is 9.38. The van der Waals surface area contributed by atoms with Crippen LogP contribution in [-0.4, -0.2) is 54.5 Å². The third-order valence-corrected chi connectivity index (χ3v) is 3.44. The van der Waals surface area contributed by atoms with Gasteiger partial charge in [-0.25, -0.2) is 0 Å². The van der Waals surface area contributed by atoms with Gasteiger partial charge in [0.15, 0.2) is 0 Å². The molecule has 2 saturated heterocycles. The average molecular weight is 226 g/mol. The maximum Gasteiger partial charge on any atom is 0.0845 e. The van der Waals surface area contributed by atoms with Crippen molar-refractivity contribution in [2.75, 3.05) is 32.8 Å². The van der Waals surface area contributed by atoms with Crippen molar-refractivity contribution in [3.05, 3.63) is 10.4 Å². The van der Waals surface area contributed by atoms with Crippen molar-refractivity contribution in [2.24, 2.45) is 5.11 Å². The van der Waals surface area contributed by atoms with E-state index in [4.69, 9.17) is 10.3 Å². The molecule has 1 spiro atoms. The SMILES string of the molecule is [N-]=[N+]=NCCN1CCC2(CC(O)CCO2)C1. The first kappa shape index (κ1) is 11.7. The first-order chi connectivity index (χ1) is 7.74. The second kappa shape index (κ2) is 5.01. The minimum absolute atomic E-state index is 0.145. The molecule has 1 N–H and O–H groups in total. The van der Waals surface area contributed by atoms with Gasteiger partial charge in [0.1, 0.15) is 0 Å². The molecule has 2 unspecified atom stereocenters. The summed E-state index contributed by atoms with van der Waals surface area (Å²) in [6.45, 7) is 3.77. The van der Waals surface area contributed by atoms with E-state index in [9.17, 15) is 5.11 Å². The molecule has 0 radical (unpaired) electrons. The van der Waals surface area contributed by atoms with Crippen LogP contribution in [0.4, 0.5) is 0 Å². The molecule has 2 atom stereocenters. The first-order valence-electron chi connectivity index (χ1n) is 5.79. The molecule has 2 aliphatic rings. The van der Waals surface area contributed by atoms with E-state index in [0.29, 0.717) is 13.2 Å². The molecule has 0 amide bonds. The molecule has 2 fully saturated rings. The number of ether oxygens (including phenoxy) is 1. The Labute approximate surface area is 94.8 Å². The lowest BCUT2D eigenvalue weighted by Crippen LogP contribution is -2.44. The molecule has 16 heavy (non-hydrogen) atoms. The van der Waals surface area contributed by atoms with Crippen LogP contribution >= 0.6 is 0 Å². The third-order valence-electron chi connectivity index (χ3n) is 3.44. The fourth-order valence-electron chi connectivity index (χ4n) is 2.64. The van der Waals surface area contributed by atoms with Gasteiger partial charge in [-0.05, 0) is 18.4 Å². The summed E-state index contributed by atoms with van der Waals surface area (Å²) in [5.41, 5.74) is 8.05. The quantitative estimate of drug-likeness (QED) is 0.441. The van der Waals surface area contributed by atoms with Gasteiger partial charge in [0.2, 0.25) is 0 Å². The van der Waals surface area contributed by atoms with Gasteiger partial charge < -0.3 is 14.7 Å². The lowest BCUT2D eigenvalue weighted by atomic mass is 9.91. The van der Waals surface area contributed by atoms with Crippen molar-refractivity contribution in [1.29, 1.82) is 0 Å². The topological polar surface area (TPSA) is 81.5 Å². The molecule has 2 rings (SSSR count). The summed E-state index contributed by atoms with van der Waals surface area (Å²) in [5, 5.41) is 13.2. The lowest BCUT2D eigenvalue weighted by molar-refractivity contribution is -0.110. The Morgan fingerprint density at radius 1 is 1.62 bits per heavy atom. The summed E-state index contributed by atoms with van der Waals surface area (Å²) < 4.78 is 5.83. The zero-order chi connectivity index (χ0) is 11.4. The van der Waals surface area contributed by atoms with Crippen LogP contribution in [-0.2, 0) is 4.74 Å². The second-order valence-corrected chi connectivity index (χ2v) is 4.66. The van der Waals surface area contributed by atoms with Crippen molar-refractivity contribution < 1.29 is 9.84 Å². The minimum atomic E-state index is -0.217. The van der Waals surface area contributed by atoms with Gasteiger partial charge in [-0.3, -0.25) is 0 Å². The average Bonchev–Trinajstić information content (AvgIpc) is 2.62. The highest BCUT2D eigenvalue weighted by Crippen LogP contribution is 2.33. The summed E-state index contributed by atoms with van der Waals surface area (Å²) in [6, 6.07) is 0. The van der Waals surface area contributed by atoms with E-state index in [-0.39, 0.29) is 11.7 Å². The van der Waals surface area contributed by atoms with Gasteiger partial charge in [0, 0.05) is 44.1 Å². The van der Waals surface area contributed by atoms with Gasteiger partial charge >= 0.3 is 0 Å². The molecule has 2 heterocycles. The molecular weight excluding hydrogens is 208 g/mol. The zero-order valence-corrected chi connectivity index (χ0v) is 9.38. The minimum Gasteiger partial charge on any atom is -0.393 e. The number of rotatable bonds is 3. The Hall–Kier alpha value is -0.810. The van der Waals surface area contributed by atoms with Gasteiger partial charge in [-0.15, -0.1) is 0 Å². The largest absolute Gasteiger partial charge is 0.393 e. The first-order valence-corrected chi connectivity index (χ1v) is 5.79. The van der Waals surface area contributed by atoms with E-state index in [1.165, 1.54) is 0 Å². The van der Waals surface area contributed by atoms with Crippen molar-refractivity contribution in [1.82, 2.24) is 4.90 Å². The number of aliphatic hydroxyl groups excluding tert-OH is 1. The van der Waals surface area contributed by atoms with Gasteiger partial charge in [0.05, 0.1) is 11.7 Å². The van der Waals surface area contributed by atoms with Gasteiger partial charge in [-0.2, -0.15) is 0 Å². The van der Waals surface area contributed by atoms with Crippen LogP contribution < -0.4 is 0 Å². The number of azide groups is 1. The number of hydrogen-bond donors (Lipinski definition) is 1. The fourth-order valence-corrected chi connectivity index (χ4v) is 2.64. The molecule has 6 heteroatoms. The number of hydrogen-bond acceptors (Lipinski definition) is 4. The Kier molecular flexibility index (Phi) is 3.66. The molecule has 0 aliphatic carbocycles. The number of likely N-dealkylation sites (tertiary alicyclic amines) is 1. The number of nitrogens with zero attached hydrogens (tertiary/aromatic N) is 4. The van der Waals surface area contributed by atoms with Crippen LogP contribution in [0, 0.1) is 0 Å². The van der Waals surface area contributed by atoms with E-state index < -0.39 is 0 Å². The highest BCUT2D eigenvalue weighted by Gasteiger charge is 2.42. The van der Waals surface area contributed by atoms with E-state index in [0.717, 1.165) is 38.9 Å². The molecule has 2 aliphatic heterocycles. The van der Waals surface area contributed by atoms with Crippen LogP contribution in [0.25, 0.3) is 10.4 Å². The highest BCUT2D eigenvalue weighted by atomic mass is 16.5. The Morgan fingerprint density at radius 2 is 2.50 bits per heavy atom. The summed E-state index contributed by atoms with van der Waals surface area (Å²) in [4.78, 5) is 4.98. The smallest absolute Gasteiger partial charge is 0.0845 e. The van der Waals surface area contributed by atoms with Crippen LogP contribution in [0.1, 0.15) is 19.3 Å². The number of aliphatic hydroxyl groups is 1. The molecule has 0 aromatic carbocycles. The van der Waals surface area contributed by atoms with Gasteiger partial charge in [-0.1, -0.05) is 5.11 Å². The standard InChI is InChI=1S/C10H18N4O2/c11-13-12-3-5-14-4-2-10(8-14)7-9(15)1-6-16-10/h9,15H,1-8H2. The maximum atomic E-state index is 9.67. The molecule has 0 aromatic rings. The van der Waals surface area contributed by atoms with E-state index in [1.54, 1.807) is 0 Å². The van der Waals surface area contributed by atoms with Crippen molar-refractivity contribution in [3.63, 3.8) is 0 Å². The summed E-state index contributed by atoms with van der Waals surface area (Å²) >= 11 is 0. The Balaban J connectivity index is 1.83. The van der Waals surface area contributed by atoms with Crippen LogP contribution in [0.5, 0.6) is 0 Å². The van der Waals surface area contributed by atoms with Crippen molar-refractivity contribution in [2.45, 2.75) is 31.0 Å². The van der Waals surface area contributed by atoms with Crippen LogP contribution in [0.3, 0.4) is 0 Å². The van der Waals surface area contributed by atoms with E-state index in [2.05, 4.69) is 14.9 Å².